The highest BCUT2D eigenvalue weighted by atomic mass is 16.3. The second-order valence-electron chi connectivity index (χ2n) is 4.23. The number of aliphatic hydroxyl groups is 1. The summed E-state index contributed by atoms with van der Waals surface area (Å²) in [5.41, 5.74) is -0.193. The normalized spacial score (nSPS) is 24.3. The molecule has 0 spiro atoms. The van der Waals surface area contributed by atoms with Gasteiger partial charge in [-0.15, -0.1) is 0 Å². The zero-order valence-corrected chi connectivity index (χ0v) is 9.35. The molecule has 2 atom stereocenters. The highest BCUT2D eigenvalue weighted by molar-refractivity contribution is 5.92. The summed E-state index contributed by atoms with van der Waals surface area (Å²) in [6, 6.07) is -0.218. The number of rotatable bonds is 2. The first kappa shape index (κ1) is 11.8. The molecule has 0 unspecified atom stereocenters. The van der Waals surface area contributed by atoms with Gasteiger partial charge in [-0.05, 0) is 12.8 Å². The number of aromatic amines is 1. The molecule has 1 fully saturated rings. The molecule has 3 N–H and O–H groups in total. The number of aliphatic hydroxyl groups excluding tert-OH is 1. The molecule has 1 amide bonds. The second kappa shape index (κ2) is 5.09. The molecule has 1 aromatic heterocycles. The van der Waals surface area contributed by atoms with Gasteiger partial charge in [-0.2, -0.15) is 0 Å². The number of carbonyl (C=O) groups is 1. The van der Waals surface area contributed by atoms with Gasteiger partial charge >= 0.3 is 0 Å². The molecule has 0 aromatic carbocycles. The monoisotopic (exact) mass is 237 g/mol. The number of carbonyl (C=O) groups excluding carboxylic acids is 1. The molecule has 2 rings (SSSR count). The third-order valence-corrected chi connectivity index (χ3v) is 2.95. The van der Waals surface area contributed by atoms with Gasteiger partial charge in [0.1, 0.15) is 5.69 Å². The minimum absolute atomic E-state index is 0.155. The zero-order valence-electron chi connectivity index (χ0n) is 9.35. The average molecular weight is 237 g/mol. The largest absolute Gasteiger partial charge is 0.391 e. The predicted octanol–water partition coefficient (Wildman–Crippen LogP) is -0.197. The standard InChI is InChI=1S/C11H15N3O3/c15-9-4-2-1-3-7(9)14-11(17)8-5-13-10(16)6-12-8/h5-7,9,15H,1-4H2,(H,13,16)(H,14,17)/t7-,9-/m1/s1. The molecule has 17 heavy (non-hydrogen) atoms. The molecule has 0 aliphatic heterocycles. The van der Waals surface area contributed by atoms with Crippen LogP contribution in [-0.4, -0.2) is 33.1 Å². The van der Waals surface area contributed by atoms with E-state index in [0.717, 1.165) is 25.5 Å². The van der Waals surface area contributed by atoms with Crippen LogP contribution in [0, 0.1) is 0 Å². The van der Waals surface area contributed by atoms with Crippen LogP contribution in [0.25, 0.3) is 0 Å². The molecule has 1 saturated carbocycles. The minimum atomic E-state index is -0.490. The predicted molar refractivity (Wildman–Crippen MR) is 60.6 cm³/mol. The van der Waals surface area contributed by atoms with Crippen LogP contribution >= 0.6 is 0 Å². The van der Waals surface area contributed by atoms with Crippen LogP contribution in [0.4, 0.5) is 0 Å². The van der Waals surface area contributed by atoms with Crippen molar-refractivity contribution in [3.05, 3.63) is 28.4 Å². The number of hydrogen-bond acceptors (Lipinski definition) is 4. The van der Waals surface area contributed by atoms with Crippen LogP contribution < -0.4 is 10.9 Å². The lowest BCUT2D eigenvalue weighted by Crippen LogP contribution is -2.45. The Morgan fingerprint density at radius 3 is 2.88 bits per heavy atom. The molecule has 1 aromatic rings. The Kier molecular flexibility index (Phi) is 3.53. The van der Waals surface area contributed by atoms with Crippen molar-refractivity contribution in [2.75, 3.05) is 0 Å². The van der Waals surface area contributed by atoms with Crippen LogP contribution in [-0.2, 0) is 0 Å². The summed E-state index contributed by atoms with van der Waals surface area (Å²) < 4.78 is 0. The topological polar surface area (TPSA) is 95.1 Å². The van der Waals surface area contributed by atoms with Crippen LogP contribution in [0.2, 0.25) is 0 Å². The second-order valence-corrected chi connectivity index (χ2v) is 4.23. The van der Waals surface area contributed by atoms with Crippen molar-refractivity contribution >= 4 is 5.91 Å². The summed E-state index contributed by atoms with van der Waals surface area (Å²) in [6.45, 7) is 0. The fourth-order valence-corrected chi connectivity index (χ4v) is 1.99. The van der Waals surface area contributed by atoms with E-state index in [4.69, 9.17) is 0 Å². The smallest absolute Gasteiger partial charge is 0.271 e. The lowest BCUT2D eigenvalue weighted by atomic mass is 9.92. The van der Waals surface area contributed by atoms with Gasteiger partial charge in [0, 0.05) is 6.20 Å². The third kappa shape index (κ3) is 2.91. The molecule has 0 bridgehead atoms. The van der Waals surface area contributed by atoms with E-state index >= 15 is 0 Å². The van der Waals surface area contributed by atoms with E-state index in [0.29, 0.717) is 6.42 Å². The lowest BCUT2D eigenvalue weighted by molar-refractivity contribution is 0.0713. The van der Waals surface area contributed by atoms with Gasteiger partial charge in [-0.3, -0.25) is 9.59 Å². The minimum Gasteiger partial charge on any atom is -0.391 e. The van der Waals surface area contributed by atoms with Gasteiger partial charge in [0.25, 0.3) is 11.5 Å². The van der Waals surface area contributed by atoms with Gasteiger partial charge < -0.3 is 15.4 Å². The zero-order chi connectivity index (χ0) is 12.3. The van der Waals surface area contributed by atoms with Gasteiger partial charge in [0.05, 0.1) is 18.3 Å². The van der Waals surface area contributed by atoms with E-state index in [1.54, 1.807) is 0 Å². The van der Waals surface area contributed by atoms with E-state index in [1.807, 2.05) is 0 Å². The molecule has 1 heterocycles. The molecule has 92 valence electrons. The summed E-state index contributed by atoms with van der Waals surface area (Å²) in [7, 11) is 0. The number of H-pyrrole nitrogens is 1. The first-order valence-electron chi connectivity index (χ1n) is 5.70. The van der Waals surface area contributed by atoms with E-state index in [9.17, 15) is 14.7 Å². The molecule has 0 saturated heterocycles. The van der Waals surface area contributed by atoms with E-state index in [-0.39, 0.29) is 23.2 Å². The van der Waals surface area contributed by atoms with Crippen molar-refractivity contribution in [1.29, 1.82) is 0 Å². The first-order chi connectivity index (χ1) is 8.16. The molecule has 1 aliphatic carbocycles. The molecule has 6 heteroatoms. The quantitative estimate of drug-likeness (QED) is 0.664. The van der Waals surface area contributed by atoms with Gasteiger partial charge in [0.15, 0.2) is 0 Å². The Labute approximate surface area is 98.1 Å². The first-order valence-corrected chi connectivity index (χ1v) is 5.70. The average Bonchev–Trinajstić information content (AvgIpc) is 2.33. The molecule has 1 aliphatic rings. The SMILES string of the molecule is O=C(N[C@@H]1CCCC[C@H]1O)c1c[nH]c(=O)cn1. The summed E-state index contributed by atoms with van der Waals surface area (Å²) in [5.74, 6) is -0.368. The summed E-state index contributed by atoms with van der Waals surface area (Å²) in [4.78, 5) is 28.7. The van der Waals surface area contributed by atoms with E-state index in [2.05, 4.69) is 15.3 Å². The summed E-state index contributed by atoms with van der Waals surface area (Å²) in [6.07, 6.45) is 5.32. The highest BCUT2D eigenvalue weighted by Crippen LogP contribution is 2.18. The number of hydrogen-bond donors (Lipinski definition) is 3. The van der Waals surface area contributed by atoms with Crippen LogP contribution in [0.1, 0.15) is 36.2 Å². The molecule has 6 nitrogen and oxygen atoms in total. The van der Waals surface area contributed by atoms with Crippen molar-refractivity contribution in [2.24, 2.45) is 0 Å². The lowest BCUT2D eigenvalue weighted by Gasteiger charge is -2.28. The van der Waals surface area contributed by atoms with Crippen LogP contribution in [0.15, 0.2) is 17.2 Å². The number of nitrogens with one attached hydrogen (secondary N) is 2. The number of amides is 1. The van der Waals surface area contributed by atoms with Crippen molar-refractivity contribution in [3.63, 3.8) is 0 Å². The molecular weight excluding hydrogens is 222 g/mol. The summed E-state index contributed by atoms with van der Waals surface area (Å²) in [5, 5.41) is 12.4. The maximum atomic E-state index is 11.8. The van der Waals surface area contributed by atoms with Crippen LogP contribution in [0.3, 0.4) is 0 Å². The fraction of sp³-hybridized carbons (Fsp3) is 0.545. The van der Waals surface area contributed by atoms with Gasteiger partial charge in [0.2, 0.25) is 0 Å². The van der Waals surface area contributed by atoms with E-state index in [1.165, 1.54) is 6.20 Å². The Balaban J connectivity index is 2.01. The Morgan fingerprint density at radius 2 is 2.24 bits per heavy atom. The number of nitrogens with zero attached hydrogens (tertiary/aromatic N) is 1. The van der Waals surface area contributed by atoms with Crippen molar-refractivity contribution in [2.45, 2.75) is 37.8 Å². The van der Waals surface area contributed by atoms with Crippen LogP contribution in [0.5, 0.6) is 0 Å². The van der Waals surface area contributed by atoms with E-state index < -0.39 is 6.10 Å². The van der Waals surface area contributed by atoms with Crippen molar-refractivity contribution in [3.8, 4) is 0 Å². The van der Waals surface area contributed by atoms with Crippen molar-refractivity contribution < 1.29 is 9.90 Å². The summed E-state index contributed by atoms with van der Waals surface area (Å²) >= 11 is 0. The van der Waals surface area contributed by atoms with Gasteiger partial charge in [-0.25, -0.2) is 4.98 Å². The highest BCUT2D eigenvalue weighted by Gasteiger charge is 2.25. The van der Waals surface area contributed by atoms with Crippen molar-refractivity contribution in [1.82, 2.24) is 15.3 Å². The maximum absolute atomic E-state index is 11.8. The van der Waals surface area contributed by atoms with Gasteiger partial charge in [-0.1, -0.05) is 12.8 Å². The third-order valence-electron chi connectivity index (χ3n) is 2.95. The number of aromatic nitrogens is 2. The molecule has 0 radical (unpaired) electrons. The maximum Gasteiger partial charge on any atom is 0.271 e. The fourth-order valence-electron chi connectivity index (χ4n) is 1.99. The Morgan fingerprint density at radius 1 is 1.47 bits per heavy atom. The Bertz CT molecular complexity index is 437. The molecular formula is C11H15N3O3. The Hall–Kier alpha value is -1.69.